The normalized spacial score (nSPS) is 12.6. The Kier molecular flexibility index (Phi) is 4.23. The molecule has 2 N–H and O–H groups in total. The number of aliphatic carboxylic acids is 1. The van der Waals surface area contributed by atoms with Crippen LogP contribution < -0.4 is 0 Å². The van der Waals surface area contributed by atoms with E-state index in [1.54, 1.807) is 0 Å². The molecule has 0 aliphatic rings. The first kappa shape index (κ1) is 16.5. The first-order valence-electron chi connectivity index (χ1n) is 6.94. The molecule has 0 radical (unpaired) electrons. The van der Waals surface area contributed by atoms with Gasteiger partial charge in [0.25, 0.3) is 0 Å². The van der Waals surface area contributed by atoms with Crippen LogP contribution in [-0.2, 0) is 22.0 Å². The Bertz CT molecular complexity index is 529. The highest BCUT2D eigenvalue weighted by molar-refractivity contribution is 5.73. The second-order valence-electron chi connectivity index (χ2n) is 7.51. The molecule has 0 amide bonds. The summed E-state index contributed by atoms with van der Waals surface area (Å²) in [6.45, 7) is 14.1. The molecule has 0 fully saturated rings. The van der Waals surface area contributed by atoms with Crippen molar-refractivity contribution in [3.8, 4) is 5.75 Å². The van der Waals surface area contributed by atoms with E-state index in [2.05, 4.69) is 0 Å². The minimum absolute atomic E-state index is 0.0591. The molecule has 1 rings (SSSR count). The van der Waals surface area contributed by atoms with E-state index >= 15 is 0 Å². The quantitative estimate of drug-likeness (QED) is 0.862. The van der Waals surface area contributed by atoms with Gasteiger partial charge in [0.05, 0.1) is 6.42 Å². The Hall–Kier alpha value is -1.51. The van der Waals surface area contributed by atoms with Crippen LogP contribution in [0.4, 0.5) is 0 Å². The summed E-state index contributed by atoms with van der Waals surface area (Å²) in [6.07, 6.45) is -0.0591. The first-order chi connectivity index (χ1) is 8.85. The van der Waals surface area contributed by atoms with Gasteiger partial charge in [-0.25, -0.2) is 0 Å². The molecule has 0 aliphatic heterocycles. The number of carboxylic acids is 1. The monoisotopic (exact) mass is 278 g/mol. The molecule has 0 bridgehead atoms. The Balaban J connectivity index is 3.72. The number of hydrogen-bond acceptors (Lipinski definition) is 2. The van der Waals surface area contributed by atoms with Crippen molar-refractivity contribution >= 4 is 5.97 Å². The molecular weight excluding hydrogens is 252 g/mol. The molecule has 20 heavy (non-hydrogen) atoms. The SMILES string of the molecule is Cc1cc(C(C)(C)C)c(O)c(C(C)(C)C)c1CC(=O)O. The number of hydrogen-bond donors (Lipinski definition) is 2. The van der Waals surface area contributed by atoms with Gasteiger partial charge in [-0.1, -0.05) is 47.6 Å². The number of benzene rings is 1. The Morgan fingerprint density at radius 2 is 1.60 bits per heavy atom. The van der Waals surface area contributed by atoms with Gasteiger partial charge in [0.15, 0.2) is 0 Å². The molecule has 0 unspecified atom stereocenters. The summed E-state index contributed by atoms with van der Waals surface area (Å²) in [7, 11) is 0. The van der Waals surface area contributed by atoms with E-state index in [4.69, 9.17) is 5.11 Å². The van der Waals surface area contributed by atoms with Crippen LogP contribution in [0.2, 0.25) is 0 Å². The Morgan fingerprint density at radius 3 is 1.95 bits per heavy atom. The van der Waals surface area contributed by atoms with Crippen LogP contribution in [-0.4, -0.2) is 16.2 Å². The van der Waals surface area contributed by atoms with Crippen LogP contribution in [0.25, 0.3) is 0 Å². The van der Waals surface area contributed by atoms with Crippen molar-refractivity contribution in [2.75, 3.05) is 0 Å². The third kappa shape index (κ3) is 3.33. The standard InChI is InChI=1S/C17H26O3/c1-10-8-12(16(2,3)4)15(20)14(17(5,6)7)11(10)9-13(18)19/h8,20H,9H2,1-7H3,(H,18,19). The van der Waals surface area contributed by atoms with Crippen molar-refractivity contribution in [3.63, 3.8) is 0 Å². The van der Waals surface area contributed by atoms with Gasteiger partial charge in [0.2, 0.25) is 0 Å². The van der Waals surface area contributed by atoms with Gasteiger partial charge >= 0.3 is 5.97 Å². The van der Waals surface area contributed by atoms with Crippen molar-refractivity contribution in [2.45, 2.75) is 65.7 Å². The number of carbonyl (C=O) groups is 1. The summed E-state index contributed by atoms with van der Waals surface area (Å²) in [4.78, 5) is 11.1. The molecule has 3 heteroatoms. The molecule has 0 spiro atoms. The fourth-order valence-corrected chi connectivity index (χ4v) is 2.61. The molecule has 0 atom stereocenters. The zero-order valence-electron chi connectivity index (χ0n) is 13.6. The van der Waals surface area contributed by atoms with Crippen molar-refractivity contribution in [1.82, 2.24) is 0 Å². The van der Waals surface area contributed by atoms with E-state index in [-0.39, 0.29) is 23.0 Å². The van der Waals surface area contributed by atoms with E-state index < -0.39 is 5.97 Å². The molecule has 3 nitrogen and oxygen atoms in total. The number of carboxylic acid groups (broad SMARTS) is 1. The van der Waals surface area contributed by atoms with Gasteiger partial charge < -0.3 is 10.2 Å². The fourth-order valence-electron chi connectivity index (χ4n) is 2.61. The van der Waals surface area contributed by atoms with Crippen LogP contribution in [0.15, 0.2) is 6.07 Å². The average Bonchev–Trinajstić information content (AvgIpc) is 2.18. The van der Waals surface area contributed by atoms with Gasteiger partial charge in [-0.05, 0) is 34.4 Å². The average molecular weight is 278 g/mol. The predicted molar refractivity (Wildman–Crippen MR) is 81.6 cm³/mol. The molecule has 0 heterocycles. The second kappa shape index (κ2) is 5.12. The third-order valence-corrected chi connectivity index (χ3v) is 3.52. The molecule has 0 aliphatic carbocycles. The van der Waals surface area contributed by atoms with Gasteiger partial charge in [-0.3, -0.25) is 4.79 Å². The molecular formula is C17H26O3. The van der Waals surface area contributed by atoms with Crippen LogP contribution in [0.3, 0.4) is 0 Å². The molecule has 1 aromatic rings. The lowest BCUT2D eigenvalue weighted by atomic mass is 9.75. The summed E-state index contributed by atoms with van der Waals surface area (Å²) >= 11 is 0. The summed E-state index contributed by atoms with van der Waals surface area (Å²) in [5.74, 6) is -0.631. The minimum atomic E-state index is -0.874. The van der Waals surface area contributed by atoms with Crippen LogP contribution in [0.5, 0.6) is 5.75 Å². The largest absolute Gasteiger partial charge is 0.507 e. The van der Waals surface area contributed by atoms with Crippen molar-refractivity contribution in [3.05, 3.63) is 28.3 Å². The van der Waals surface area contributed by atoms with Crippen LogP contribution >= 0.6 is 0 Å². The molecule has 0 saturated heterocycles. The number of phenols is 1. The van der Waals surface area contributed by atoms with E-state index in [0.29, 0.717) is 0 Å². The van der Waals surface area contributed by atoms with Crippen molar-refractivity contribution in [2.24, 2.45) is 0 Å². The molecule has 0 saturated carbocycles. The maximum atomic E-state index is 11.1. The minimum Gasteiger partial charge on any atom is -0.507 e. The molecule has 112 valence electrons. The first-order valence-corrected chi connectivity index (χ1v) is 6.94. The van der Waals surface area contributed by atoms with Crippen LogP contribution in [0.1, 0.15) is 63.8 Å². The van der Waals surface area contributed by atoms with E-state index in [1.807, 2.05) is 54.5 Å². The van der Waals surface area contributed by atoms with Crippen molar-refractivity contribution < 1.29 is 15.0 Å². The lowest BCUT2D eigenvalue weighted by Crippen LogP contribution is -2.21. The lowest BCUT2D eigenvalue weighted by Gasteiger charge is -2.30. The summed E-state index contributed by atoms with van der Waals surface area (Å²) in [5.41, 5.74) is 2.80. The number of aromatic hydroxyl groups is 1. The highest BCUT2D eigenvalue weighted by atomic mass is 16.4. The van der Waals surface area contributed by atoms with Gasteiger partial charge in [-0.15, -0.1) is 0 Å². The second-order valence-corrected chi connectivity index (χ2v) is 7.51. The zero-order valence-corrected chi connectivity index (χ0v) is 13.6. The number of aryl methyl sites for hydroxylation is 1. The van der Waals surface area contributed by atoms with Gasteiger partial charge in [-0.2, -0.15) is 0 Å². The lowest BCUT2D eigenvalue weighted by molar-refractivity contribution is -0.136. The van der Waals surface area contributed by atoms with E-state index in [9.17, 15) is 9.90 Å². The van der Waals surface area contributed by atoms with Crippen molar-refractivity contribution in [1.29, 1.82) is 0 Å². The maximum absolute atomic E-state index is 11.1. The predicted octanol–water partition coefficient (Wildman–Crippen LogP) is 3.92. The molecule has 1 aromatic carbocycles. The topological polar surface area (TPSA) is 57.5 Å². The zero-order chi connectivity index (χ0) is 15.9. The van der Waals surface area contributed by atoms with E-state index in [1.165, 1.54) is 0 Å². The maximum Gasteiger partial charge on any atom is 0.307 e. The Morgan fingerprint density at radius 1 is 1.10 bits per heavy atom. The van der Waals surface area contributed by atoms with E-state index in [0.717, 1.165) is 22.3 Å². The highest BCUT2D eigenvalue weighted by Crippen LogP contribution is 2.42. The van der Waals surface area contributed by atoms with Gasteiger partial charge in [0.1, 0.15) is 5.75 Å². The summed E-state index contributed by atoms with van der Waals surface area (Å²) in [5, 5.41) is 19.8. The fraction of sp³-hybridized carbons (Fsp3) is 0.588. The highest BCUT2D eigenvalue weighted by Gasteiger charge is 2.30. The van der Waals surface area contributed by atoms with Gasteiger partial charge in [0, 0.05) is 5.56 Å². The smallest absolute Gasteiger partial charge is 0.307 e. The molecule has 0 aromatic heterocycles. The summed E-state index contributed by atoms with van der Waals surface area (Å²) < 4.78 is 0. The number of rotatable bonds is 2. The third-order valence-electron chi connectivity index (χ3n) is 3.52. The number of phenolic OH excluding ortho intramolecular Hbond substituents is 1. The Labute approximate surface area is 121 Å². The van der Waals surface area contributed by atoms with Crippen LogP contribution in [0, 0.1) is 6.92 Å². The summed E-state index contributed by atoms with van der Waals surface area (Å²) in [6, 6.07) is 1.92.